The summed E-state index contributed by atoms with van der Waals surface area (Å²) in [5.41, 5.74) is 3.94. The van der Waals surface area contributed by atoms with Gasteiger partial charge in [-0.05, 0) is 49.9 Å². The van der Waals surface area contributed by atoms with E-state index in [9.17, 15) is 5.11 Å². The number of hydrogen-bond acceptors (Lipinski definition) is 2. The van der Waals surface area contributed by atoms with E-state index >= 15 is 0 Å². The molecule has 1 unspecified atom stereocenters. The van der Waals surface area contributed by atoms with Gasteiger partial charge in [0.25, 0.3) is 0 Å². The van der Waals surface area contributed by atoms with Gasteiger partial charge in [-0.15, -0.1) is 0 Å². The summed E-state index contributed by atoms with van der Waals surface area (Å²) in [5.74, 6) is 0.966. The number of methoxy groups -OCH3 is 1. The molecule has 1 aliphatic rings. The van der Waals surface area contributed by atoms with E-state index in [1.54, 1.807) is 7.11 Å². The van der Waals surface area contributed by atoms with Crippen LogP contribution in [0.4, 0.5) is 0 Å². The Morgan fingerprint density at radius 2 is 2.05 bits per heavy atom. The molecule has 1 aromatic rings. The third-order valence-electron chi connectivity index (χ3n) is 4.59. The minimum Gasteiger partial charge on any atom is -0.496 e. The van der Waals surface area contributed by atoms with E-state index in [1.807, 2.05) is 0 Å². The molecule has 0 saturated carbocycles. The number of piperidine rings is 1. The highest BCUT2D eigenvalue weighted by molar-refractivity contribution is 5.43. The summed E-state index contributed by atoms with van der Waals surface area (Å²) in [4.78, 5) is 1.53. The van der Waals surface area contributed by atoms with Crippen LogP contribution in [0.2, 0.25) is 0 Å². The maximum Gasteiger partial charge on any atom is 0.122 e. The molecule has 0 spiro atoms. The van der Waals surface area contributed by atoms with Crippen LogP contribution in [-0.4, -0.2) is 31.4 Å². The van der Waals surface area contributed by atoms with Crippen LogP contribution in [-0.2, 0) is 6.54 Å². The lowest BCUT2D eigenvalue weighted by atomic mass is 9.98. The number of quaternary nitrogens is 1. The first-order valence-electron chi connectivity index (χ1n) is 7.26. The normalized spacial score (nSPS) is 23.4. The second-order valence-electron chi connectivity index (χ2n) is 5.64. The van der Waals surface area contributed by atoms with Crippen molar-refractivity contribution in [3.05, 3.63) is 28.8 Å². The van der Waals surface area contributed by atoms with E-state index in [0.29, 0.717) is 12.6 Å². The Kier molecular flexibility index (Phi) is 4.83. The molecule has 2 atom stereocenters. The van der Waals surface area contributed by atoms with Gasteiger partial charge in [-0.1, -0.05) is 0 Å². The second-order valence-corrected chi connectivity index (χ2v) is 5.64. The van der Waals surface area contributed by atoms with Crippen LogP contribution in [0.15, 0.2) is 12.1 Å². The van der Waals surface area contributed by atoms with Crippen LogP contribution in [0.25, 0.3) is 0 Å². The van der Waals surface area contributed by atoms with Gasteiger partial charge in [0.15, 0.2) is 0 Å². The fourth-order valence-corrected chi connectivity index (χ4v) is 3.11. The summed E-state index contributed by atoms with van der Waals surface area (Å²) in [6.45, 7) is 6.79. The van der Waals surface area contributed by atoms with E-state index in [-0.39, 0.29) is 0 Å². The Bertz CT molecular complexity index is 431. The Morgan fingerprint density at radius 1 is 1.26 bits per heavy atom. The van der Waals surface area contributed by atoms with E-state index in [0.717, 1.165) is 18.7 Å². The number of aliphatic hydroxyl groups excluding tert-OH is 1. The van der Waals surface area contributed by atoms with Gasteiger partial charge in [0, 0.05) is 12.0 Å². The lowest BCUT2D eigenvalue weighted by Crippen LogP contribution is -3.16. The molecule has 2 N–H and O–H groups in total. The number of hydrogen-bond donors (Lipinski definition) is 2. The molecule has 1 aromatic carbocycles. The van der Waals surface area contributed by atoms with Crippen molar-refractivity contribution in [2.24, 2.45) is 0 Å². The summed E-state index contributed by atoms with van der Waals surface area (Å²) in [6, 6.07) is 4.65. The Balaban J connectivity index is 2.16. The molecule has 0 aromatic heterocycles. The Labute approximate surface area is 116 Å². The maximum atomic E-state index is 9.50. The zero-order chi connectivity index (χ0) is 13.8. The van der Waals surface area contributed by atoms with Gasteiger partial charge in [-0.2, -0.15) is 0 Å². The lowest BCUT2D eigenvalue weighted by molar-refractivity contribution is -0.944. The van der Waals surface area contributed by atoms with Crippen LogP contribution in [0.1, 0.15) is 36.0 Å². The van der Waals surface area contributed by atoms with Crippen molar-refractivity contribution in [1.29, 1.82) is 0 Å². The van der Waals surface area contributed by atoms with Gasteiger partial charge in [-0.25, -0.2) is 0 Å². The van der Waals surface area contributed by atoms with Gasteiger partial charge in [0.1, 0.15) is 18.3 Å². The van der Waals surface area contributed by atoms with E-state index < -0.39 is 0 Å². The van der Waals surface area contributed by atoms with Gasteiger partial charge >= 0.3 is 0 Å². The number of aliphatic hydroxyl groups is 1. The van der Waals surface area contributed by atoms with Crippen molar-refractivity contribution in [2.75, 3.05) is 20.3 Å². The highest BCUT2D eigenvalue weighted by atomic mass is 16.5. The van der Waals surface area contributed by atoms with Crippen LogP contribution < -0.4 is 9.64 Å². The predicted molar refractivity (Wildman–Crippen MR) is 76.7 cm³/mol. The van der Waals surface area contributed by atoms with E-state index in [1.165, 1.54) is 41.0 Å². The van der Waals surface area contributed by atoms with Crippen LogP contribution in [0.5, 0.6) is 5.75 Å². The zero-order valence-corrected chi connectivity index (χ0v) is 12.3. The van der Waals surface area contributed by atoms with Crippen molar-refractivity contribution in [3.8, 4) is 5.75 Å². The lowest BCUT2D eigenvalue weighted by Gasteiger charge is -2.32. The van der Waals surface area contributed by atoms with Crippen molar-refractivity contribution >= 4 is 0 Å². The molecule has 0 bridgehead atoms. The highest BCUT2D eigenvalue weighted by Gasteiger charge is 2.26. The molecule has 3 heteroatoms. The molecule has 1 heterocycles. The average Bonchev–Trinajstić information content (AvgIpc) is 2.45. The zero-order valence-electron chi connectivity index (χ0n) is 12.3. The monoisotopic (exact) mass is 264 g/mol. The van der Waals surface area contributed by atoms with Crippen molar-refractivity contribution in [1.82, 2.24) is 0 Å². The quantitative estimate of drug-likeness (QED) is 0.858. The molecular formula is C16H26NO2+. The number of nitrogens with one attached hydrogen (secondary N) is 1. The molecule has 106 valence electrons. The largest absolute Gasteiger partial charge is 0.496 e. The van der Waals surface area contributed by atoms with Gasteiger partial charge in [-0.3, -0.25) is 0 Å². The minimum absolute atomic E-state index is 0.309. The molecule has 0 aliphatic carbocycles. The van der Waals surface area contributed by atoms with Crippen molar-refractivity contribution in [3.63, 3.8) is 0 Å². The molecule has 0 radical (unpaired) electrons. The number of rotatable bonds is 4. The molecule has 1 saturated heterocycles. The van der Waals surface area contributed by atoms with Gasteiger partial charge in [0.2, 0.25) is 0 Å². The first kappa shape index (κ1) is 14.4. The SMILES string of the molecule is COc1ccc(C[NH+]2CCCC[C@H]2CO)c(C)c1C. The maximum absolute atomic E-state index is 9.50. The average molecular weight is 264 g/mol. The Morgan fingerprint density at radius 3 is 2.74 bits per heavy atom. The van der Waals surface area contributed by atoms with Crippen LogP contribution in [0, 0.1) is 13.8 Å². The third kappa shape index (κ3) is 3.10. The third-order valence-corrected chi connectivity index (χ3v) is 4.59. The Hall–Kier alpha value is -1.06. The second kappa shape index (κ2) is 6.40. The summed E-state index contributed by atoms with van der Waals surface area (Å²) in [7, 11) is 1.72. The van der Waals surface area contributed by atoms with E-state index in [4.69, 9.17) is 4.74 Å². The molecule has 1 fully saturated rings. The van der Waals surface area contributed by atoms with Gasteiger partial charge in [0.05, 0.1) is 20.3 Å². The summed E-state index contributed by atoms with van der Waals surface area (Å²) in [6.07, 6.45) is 3.69. The number of likely N-dealkylation sites (tertiary alicyclic amines) is 1. The molecule has 19 heavy (non-hydrogen) atoms. The fourth-order valence-electron chi connectivity index (χ4n) is 3.11. The molecule has 0 amide bonds. The summed E-state index contributed by atoms with van der Waals surface area (Å²) >= 11 is 0. The smallest absolute Gasteiger partial charge is 0.122 e. The molecule has 1 aliphatic heterocycles. The first-order valence-corrected chi connectivity index (χ1v) is 7.26. The van der Waals surface area contributed by atoms with E-state index in [2.05, 4.69) is 26.0 Å². The van der Waals surface area contributed by atoms with Crippen molar-refractivity contribution in [2.45, 2.75) is 45.7 Å². The minimum atomic E-state index is 0.309. The molecular weight excluding hydrogens is 238 g/mol. The van der Waals surface area contributed by atoms with Crippen LogP contribution in [0.3, 0.4) is 0 Å². The van der Waals surface area contributed by atoms with Crippen molar-refractivity contribution < 1.29 is 14.7 Å². The van der Waals surface area contributed by atoms with Crippen LogP contribution >= 0.6 is 0 Å². The fraction of sp³-hybridized carbons (Fsp3) is 0.625. The highest BCUT2D eigenvalue weighted by Crippen LogP contribution is 2.23. The number of ether oxygens (including phenoxy) is 1. The standard InChI is InChI=1S/C16H25NO2/c1-12-13(2)16(19-3)8-7-14(12)10-17-9-5-4-6-15(17)11-18/h7-8,15,18H,4-6,9-11H2,1-3H3/p+1/t15-/m0/s1. The first-order chi connectivity index (χ1) is 9.17. The topological polar surface area (TPSA) is 33.9 Å². The predicted octanol–water partition coefficient (Wildman–Crippen LogP) is 1.24. The van der Waals surface area contributed by atoms with Gasteiger partial charge < -0.3 is 14.7 Å². The summed E-state index contributed by atoms with van der Waals surface area (Å²) in [5, 5.41) is 9.50. The molecule has 2 rings (SSSR count). The summed E-state index contributed by atoms with van der Waals surface area (Å²) < 4.78 is 5.37. The molecule has 3 nitrogen and oxygen atoms in total. The number of benzene rings is 1.